The van der Waals surface area contributed by atoms with Gasteiger partial charge in [0.15, 0.2) is 0 Å². The summed E-state index contributed by atoms with van der Waals surface area (Å²) in [6, 6.07) is 0. The number of alkyl halides is 1. The number of hydrogen-bond donors (Lipinski definition) is 0. The minimum Gasteiger partial charge on any atom is -0.350 e. The molecule has 0 amide bonds. The standard InChI is InChI=1S/C11H18ClN3S/c1-15(8-4-2-3-7-12)11-13-10(14-16-11)9-5-6-9/h9H,2-8H2,1H3. The molecule has 0 bridgehead atoms. The monoisotopic (exact) mass is 259 g/mol. The van der Waals surface area contributed by atoms with Gasteiger partial charge in [0.25, 0.3) is 0 Å². The molecule has 0 radical (unpaired) electrons. The van der Waals surface area contributed by atoms with Crippen LogP contribution in [-0.2, 0) is 0 Å². The molecule has 0 aliphatic heterocycles. The molecule has 1 aromatic heterocycles. The maximum atomic E-state index is 5.65. The van der Waals surface area contributed by atoms with Crippen molar-refractivity contribution < 1.29 is 0 Å². The Morgan fingerprint density at radius 3 is 2.88 bits per heavy atom. The lowest BCUT2D eigenvalue weighted by molar-refractivity contribution is 0.706. The predicted molar refractivity (Wildman–Crippen MR) is 69.7 cm³/mol. The van der Waals surface area contributed by atoms with Gasteiger partial charge in [0.2, 0.25) is 5.13 Å². The number of anilines is 1. The number of nitrogens with zero attached hydrogens (tertiary/aromatic N) is 3. The first-order valence-electron chi connectivity index (χ1n) is 5.92. The summed E-state index contributed by atoms with van der Waals surface area (Å²) in [5.41, 5.74) is 0. The van der Waals surface area contributed by atoms with Crippen LogP contribution in [0.3, 0.4) is 0 Å². The van der Waals surface area contributed by atoms with Crippen LogP contribution in [0.25, 0.3) is 0 Å². The van der Waals surface area contributed by atoms with E-state index < -0.39 is 0 Å². The van der Waals surface area contributed by atoms with Gasteiger partial charge in [0.05, 0.1) is 0 Å². The molecule has 3 nitrogen and oxygen atoms in total. The van der Waals surface area contributed by atoms with Crippen molar-refractivity contribution in [2.75, 3.05) is 24.4 Å². The van der Waals surface area contributed by atoms with E-state index in [0.717, 1.165) is 29.8 Å². The van der Waals surface area contributed by atoms with Crippen molar-refractivity contribution in [3.05, 3.63) is 5.82 Å². The fourth-order valence-electron chi connectivity index (χ4n) is 1.60. The average Bonchev–Trinajstić information content (AvgIpc) is 3.02. The van der Waals surface area contributed by atoms with Gasteiger partial charge < -0.3 is 4.90 Å². The van der Waals surface area contributed by atoms with Gasteiger partial charge in [0, 0.05) is 36.9 Å². The lowest BCUT2D eigenvalue weighted by Gasteiger charge is -2.14. The lowest BCUT2D eigenvalue weighted by Crippen LogP contribution is -2.18. The van der Waals surface area contributed by atoms with E-state index in [9.17, 15) is 0 Å². The van der Waals surface area contributed by atoms with Gasteiger partial charge in [-0.2, -0.15) is 4.37 Å². The molecule has 1 aromatic rings. The lowest BCUT2D eigenvalue weighted by atomic mass is 10.2. The van der Waals surface area contributed by atoms with Crippen molar-refractivity contribution in [3.8, 4) is 0 Å². The van der Waals surface area contributed by atoms with Crippen LogP contribution in [0.4, 0.5) is 5.13 Å². The van der Waals surface area contributed by atoms with Crippen molar-refractivity contribution in [1.29, 1.82) is 0 Å². The van der Waals surface area contributed by atoms with E-state index in [1.807, 2.05) is 0 Å². The van der Waals surface area contributed by atoms with E-state index in [1.54, 1.807) is 0 Å². The highest BCUT2D eigenvalue weighted by Crippen LogP contribution is 2.39. The van der Waals surface area contributed by atoms with Crippen molar-refractivity contribution in [1.82, 2.24) is 9.36 Å². The number of aromatic nitrogens is 2. The van der Waals surface area contributed by atoms with Gasteiger partial charge in [-0.15, -0.1) is 11.6 Å². The summed E-state index contributed by atoms with van der Waals surface area (Å²) in [6.07, 6.45) is 6.04. The Balaban J connectivity index is 1.76. The highest BCUT2D eigenvalue weighted by atomic mass is 35.5. The summed E-state index contributed by atoms with van der Waals surface area (Å²) in [4.78, 5) is 6.78. The highest BCUT2D eigenvalue weighted by Gasteiger charge is 2.28. The summed E-state index contributed by atoms with van der Waals surface area (Å²) < 4.78 is 4.41. The van der Waals surface area contributed by atoms with E-state index in [2.05, 4.69) is 21.3 Å². The van der Waals surface area contributed by atoms with E-state index in [-0.39, 0.29) is 0 Å². The molecule has 90 valence electrons. The van der Waals surface area contributed by atoms with Gasteiger partial charge in [-0.05, 0) is 25.7 Å². The number of rotatable bonds is 7. The Morgan fingerprint density at radius 1 is 1.38 bits per heavy atom. The van der Waals surface area contributed by atoms with Crippen LogP contribution in [0.1, 0.15) is 43.8 Å². The first-order chi connectivity index (χ1) is 7.81. The third-order valence-corrected chi connectivity index (χ3v) is 3.94. The van der Waals surface area contributed by atoms with Crippen LogP contribution >= 0.6 is 23.1 Å². The average molecular weight is 260 g/mol. The molecule has 0 aromatic carbocycles. The first-order valence-corrected chi connectivity index (χ1v) is 7.22. The Bertz CT molecular complexity index is 325. The topological polar surface area (TPSA) is 29.0 Å². The van der Waals surface area contributed by atoms with Gasteiger partial charge in [-0.1, -0.05) is 6.42 Å². The Labute approximate surface area is 106 Å². The molecular formula is C11H18ClN3S. The zero-order chi connectivity index (χ0) is 11.4. The summed E-state index contributed by atoms with van der Waals surface area (Å²) >= 11 is 7.17. The molecular weight excluding hydrogens is 242 g/mol. The Morgan fingerprint density at radius 2 is 2.19 bits per heavy atom. The quantitative estimate of drug-likeness (QED) is 0.556. The second-order valence-corrected chi connectivity index (χ2v) is 5.49. The maximum absolute atomic E-state index is 5.65. The molecule has 1 aliphatic carbocycles. The predicted octanol–water partition coefficient (Wildman–Crippen LogP) is 3.26. The van der Waals surface area contributed by atoms with Crippen LogP contribution in [-0.4, -0.2) is 28.8 Å². The molecule has 0 saturated heterocycles. The fourth-order valence-corrected chi connectivity index (χ4v) is 2.52. The molecule has 1 aliphatic rings. The first kappa shape index (κ1) is 12.1. The van der Waals surface area contributed by atoms with Crippen molar-refractivity contribution in [3.63, 3.8) is 0 Å². The van der Waals surface area contributed by atoms with E-state index >= 15 is 0 Å². The largest absolute Gasteiger partial charge is 0.350 e. The molecule has 1 heterocycles. The molecule has 1 saturated carbocycles. The Kier molecular flexibility index (Phi) is 4.41. The molecule has 2 rings (SSSR count). The molecule has 0 spiro atoms. The van der Waals surface area contributed by atoms with Gasteiger partial charge in [-0.25, -0.2) is 4.98 Å². The molecule has 16 heavy (non-hydrogen) atoms. The molecule has 0 N–H and O–H groups in total. The normalized spacial score (nSPS) is 15.4. The minimum absolute atomic E-state index is 0.662. The van der Waals surface area contributed by atoms with E-state index in [0.29, 0.717) is 5.92 Å². The molecule has 0 atom stereocenters. The second-order valence-electron chi connectivity index (χ2n) is 4.38. The molecule has 0 unspecified atom stereocenters. The van der Waals surface area contributed by atoms with Crippen LogP contribution in [0.15, 0.2) is 0 Å². The zero-order valence-corrected chi connectivity index (χ0v) is 11.2. The number of hydrogen-bond acceptors (Lipinski definition) is 4. The SMILES string of the molecule is CN(CCCCCCl)c1nc(C2CC2)ns1. The van der Waals surface area contributed by atoms with Gasteiger partial charge in [-0.3, -0.25) is 0 Å². The van der Waals surface area contributed by atoms with Gasteiger partial charge >= 0.3 is 0 Å². The Hall–Kier alpha value is -0.350. The third-order valence-electron chi connectivity index (χ3n) is 2.83. The summed E-state index contributed by atoms with van der Waals surface area (Å²) in [5, 5.41) is 1.06. The summed E-state index contributed by atoms with van der Waals surface area (Å²) in [6.45, 7) is 1.05. The number of halogens is 1. The number of unbranched alkanes of at least 4 members (excludes halogenated alkanes) is 2. The summed E-state index contributed by atoms with van der Waals surface area (Å²) in [7, 11) is 2.10. The van der Waals surface area contributed by atoms with Gasteiger partial charge in [0.1, 0.15) is 5.82 Å². The second kappa shape index (κ2) is 5.82. The van der Waals surface area contributed by atoms with Crippen LogP contribution in [0.5, 0.6) is 0 Å². The third kappa shape index (κ3) is 3.32. The molecule has 5 heteroatoms. The van der Waals surface area contributed by atoms with Crippen LogP contribution in [0, 0.1) is 0 Å². The van der Waals surface area contributed by atoms with Crippen molar-refractivity contribution >= 4 is 28.3 Å². The van der Waals surface area contributed by atoms with E-state index in [4.69, 9.17) is 11.6 Å². The maximum Gasteiger partial charge on any atom is 0.204 e. The zero-order valence-electron chi connectivity index (χ0n) is 9.65. The fraction of sp³-hybridized carbons (Fsp3) is 0.818. The smallest absolute Gasteiger partial charge is 0.204 e. The molecule has 1 fully saturated rings. The minimum atomic E-state index is 0.662. The van der Waals surface area contributed by atoms with Crippen LogP contribution < -0.4 is 4.90 Å². The van der Waals surface area contributed by atoms with Crippen molar-refractivity contribution in [2.45, 2.75) is 38.0 Å². The summed E-state index contributed by atoms with van der Waals surface area (Å²) in [5.74, 6) is 2.50. The van der Waals surface area contributed by atoms with Crippen LogP contribution in [0.2, 0.25) is 0 Å². The highest BCUT2D eigenvalue weighted by molar-refractivity contribution is 7.09. The van der Waals surface area contributed by atoms with Crippen molar-refractivity contribution in [2.24, 2.45) is 0 Å². The van der Waals surface area contributed by atoms with E-state index in [1.165, 1.54) is 37.2 Å².